The average molecular weight is 250 g/mol. The van der Waals surface area contributed by atoms with Gasteiger partial charge in [0.25, 0.3) is 0 Å². The predicted molar refractivity (Wildman–Crippen MR) is 50.0 cm³/mol. The van der Waals surface area contributed by atoms with Crippen LogP contribution in [0, 0.1) is 0 Å². The lowest BCUT2D eigenvalue weighted by Gasteiger charge is -2.13. The molecule has 1 aromatic rings. The summed E-state index contributed by atoms with van der Waals surface area (Å²) < 4.78 is 37.4. The van der Waals surface area contributed by atoms with Gasteiger partial charge in [0.1, 0.15) is 0 Å². The molecule has 0 aliphatic carbocycles. The van der Waals surface area contributed by atoms with Gasteiger partial charge in [-0.1, -0.05) is 6.92 Å². The van der Waals surface area contributed by atoms with Crippen molar-refractivity contribution in [2.45, 2.75) is 18.1 Å². The van der Waals surface area contributed by atoms with E-state index in [9.17, 15) is 23.1 Å². The van der Waals surface area contributed by atoms with E-state index in [1.807, 2.05) is 0 Å². The summed E-state index contributed by atoms with van der Waals surface area (Å²) in [6, 6.07) is 2.09. The lowest BCUT2D eigenvalue weighted by atomic mass is 10.2. The van der Waals surface area contributed by atoms with Gasteiger partial charge >= 0.3 is 6.18 Å². The van der Waals surface area contributed by atoms with Crippen LogP contribution in [0.1, 0.15) is 23.0 Å². The molecule has 0 saturated heterocycles. The van der Waals surface area contributed by atoms with Crippen LogP contribution in [0.3, 0.4) is 0 Å². The number of carbonyl (C=O) groups excluding carboxylic acids is 1. The molecule has 0 unspecified atom stereocenters. The minimum absolute atomic E-state index is 0.139. The molecule has 0 fully saturated rings. The zero-order valence-electron chi connectivity index (χ0n) is 8.17. The number of nitrogens with zero attached hydrogens (tertiary/aromatic N) is 1. The number of rotatable bonds is 3. The van der Waals surface area contributed by atoms with Gasteiger partial charge in [-0.05, 0) is 17.9 Å². The van der Waals surface area contributed by atoms with Crippen molar-refractivity contribution in [2.24, 2.45) is 0 Å². The van der Waals surface area contributed by atoms with E-state index in [2.05, 4.69) is 4.98 Å². The van der Waals surface area contributed by atoms with Crippen LogP contribution in [0.25, 0.3) is 0 Å². The molecule has 0 spiro atoms. The van der Waals surface area contributed by atoms with E-state index in [1.54, 1.807) is 6.92 Å². The molecule has 1 heterocycles. The Kier molecular flexibility index (Phi) is 3.79. The molecule has 1 rings (SSSR count). The van der Waals surface area contributed by atoms with E-state index in [1.165, 1.54) is 6.07 Å². The SMILES string of the molecule is CCSc1ccc(C(=O)[O-])c(C(F)(F)F)n1. The number of pyridine rings is 1. The van der Waals surface area contributed by atoms with Gasteiger partial charge in [0, 0.05) is 5.56 Å². The fourth-order valence-corrected chi connectivity index (χ4v) is 1.67. The third-order valence-corrected chi connectivity index (χ3v) is 2.46. The average Bonchev–Trinajstić information content (AvgIpc) is 2.16. The Morgan fingerprint density at radius 2 is 2.12 bits per heavy atom. The quantitative estimate of drug-likeness (QED) is 0.764. The molecule has 88 valence electrons. The minimum atomic E-state index is -4.79. The fraction of sp³-hybridized carbons (Fsp3) is 0.333. The van der Waals surface area contributed by atoms with E-state index in [-0.39, 0.29) is 5.03 Å². The Bertz CT molecular complexity index is 406. The van der Waals surface area contributed by atoms with Crippen LogP contribution in [0.2, 0.25) is 0 Å². The molecular formula is C9H7F3NO2S-. The highest BCUT2D eigenvalue weighted by atomic mass is 32.2. The Hall–Kier alpha value is -1.24. The van der Waals surface area contributed by atoms with E-state index in [0.29, 0.717) is 5.75 Å². The fourth-order valence-electron chi connectivity index (χ4n) is 1.05. The summed E-state index contributed by atoms with van der Waals surface area (Å²) in [6.07, 6.45) is -4.79. The minimum Gasteiger partial charge on any atom is -0.545 e. The van der Waals surface area contributed by atoms with Crippen molar-refractivity contribution in [2.75, 3.05) is 5.75 Å². The van der Waals surface area contributed by atoms with Gasteiger partial charge in [-0.15, -0.1) is 11.8 Å². The Labute approximate surface area is 93.7 Å². The summed E-state index contributed by atoms with van der Waals surface area (Å²) >= 11 is 1.10. The molecule has 3 nitrogen and oxygen atoms in total. The molecule has 0 aliphatic rings. The number of carboxylic acid groups (broad SMARTS) is 1. The van der Waals surface area contributed by atoms with E-state index in [0.717, 1.165) is 17.8 Å². The van der Waals surface area contributed by atoms with Crippen LogP contribution >= 0.6 is 11.8 Å². The third kappa shape index (κ3) is 2.88. The van der Waals surface area contributed by atoms with Crippen molar-refractivity contribution < 1.29 is 23.1 Å². The molecule has 0 aliphatic heterocycles. The number of halogens is 3. The predicted octanol–water partition coefficient (Wildman–Crippen LogP) is 1.58. The number of hydrogen-bond donors (Lipinski definition) is 0. The Morgan fingerprint density at radius 3 is 2.56 bits per heavy atom. The Morgan fingerprint density at radius 1 is 1.50 bits per heavy atom. The van der Waals surface area contributed by atoms with Crippen LogP contribution < -0.4 is 5.11 Å². The number of hydrogen-bond acceptors (Lipinski definition) is 4. The van der Waals surface area contributed by atoms with Gasteiger partial charge in [-0.2, -0.15) is 13.2 Å². The van der Waals surface area contributed by atoms with Crippen molar-refractivity contribution in [3.8, 4) is 0 Å². The number of aromatic carboxylic acids is 1. The molecule has 0 bridgehead atoms. The maximum absolute atomic E-state index is 12.5. The monoisotopic (exact) mass is 250 g/mol. The zero-order valence-corrected chi connectivity index (χ0v) is 8.98. The van der Waals surface area contributed by atoms with E-state index in [4.69, 9.17) is 0 Å². The summed E-state index contributed by atoms with van der Waals surface area (Å²) in [7, 11) is 0. The topological polar surface area (TPSA) is 53.0 Å². The summed E-state index contributed by atoms with van der Waals surface area (Å²) in [5, 5.41) is 10.6. The van der Waals surface area contributed by atoms with Crippen LogP contribution in [0.15, 0.2) is 17.2 Å². The van der Waals surface area contributed by atoms with Crippen LogP contribution in [-0.4, -0.2) is 16.7 Å². The molecule has 0 radical (unpaired) electrons. The second kappa shape index (κ2) is 4.73. The number of alkyl halides is 3. The molecule has 0 amide bonds. The summed E-state index contributed by atoms with van der Waals surface area (Å²) in [5.74, 6) is -1.33. The number of carbonyl (C=O) groups is 1. The third-order valence-electron chi connectivity index (χ3n) is 1.65. The lowest BCUT2D eigenvalue weighted by molar-refractivity contribution is -0.255. The van der Waals surface area contributed by atoms with Gasteiger partial charge in [-0.25, -0.2) is 4.98 Å². The van der Waals surface area contributed by atoms with E-state index >= 15 is 0 Å². The maximum Gasteiger partial charge on any atom is 0.434 e. The highest BCUT2D eigenvalue weighted by molar-refractivity contribution is 7.99. The highest BCUT2D eigenvalue weighted by Crippen LogP contribution is 2.31. The van der Waals surface area contributed by atoms with Crippen molar-refractivity contribution in [1.82, 2.24) is 4.98 Å². The standard InChI is InChI=1S/C9H8F3NO2S/c1-2-16-6-4-3-5(8(14)15)7(13-6)9(10,11)12/h3-4H,2H2,1H3,(H,14,15)/p-1. The highest BCUT2D eigenvalue weighted by Gasteiger charge is 2.36. The van der Waals surface area contributed by atoms with Crippen molar-refractivity contribution >= 4 is 17.7 Å². The van der Waals surface area contributed by atoms with Gasteiger partial charge in [0.15, 0.2) is 5.69 Å². The molecule has 1 aromatic heterocycles. The summed E-state index contributed by atoms with van der Waals surface area (Å²) in [4.78, 5) is 13.8. The van der Waals surface area contributed by atoms with Crippen LogP contribution in [0.5, 0.6) is 0 Å². The van der Waals surface area contributed by atoms with Gasteiger partial charge in [0.2, 0.25) is 0 Å². The van der Waals surface area contributed by atoms with Crippen molar-refractivity contribution in [1.29, 1.82) is 0 Å². The maximum atomic E-state index is 12.5. The molecule has 0 saturated carbocycles. The van der Waals surface area contributed by atoms with Crippen molar-refractivity contribution in [3.05, 3.63) is 23.4 Å². The number of aromatic nitrogens is 1. The zero-order chi connectivity index (χ0) is 12.3. The molecule has 0 aromatic carbocycles. The molecule has 7 heteroatoms. The first-order valence-electron chi connectivity index (χ1n) is 4.28. The van der Waals surface area contributed by atoms with Gasteiger partial charge in [-0.3, -0.25) is 0 Å². The number of thioether (sulfide) groups is 1. The molecule has 0 atom stereocenters. The largest absolute Gasteiger partial charge is 0.545 e. The first-order chi connectivity index (χ1) is 7.36. The van der Waals surface area contributed by atoms with Gasteiger partial charge < -0.3 is 9.90 Å². The molecule has 16 heavy (non-hydrogen) atoms. The summed E-state index contributed by atoms with van der Waals surface area (Å²) in [6.45, 7) is 1.76. The first kappa shape index (κ1) is 12.8. The normalized spacial score (nSPS) is 11.5. The van der Waals surface area contributed by atoms with Crippen molar-refractivity contribution in [3.63, 3.8) is 0 Å². The Balaban J connectivity index is 3.27. The van der Waals surface area contributed by atoms with Gasteiger partial charge in [0.05, 0.1) is 11.0 Å². The van der Waals surface area contributed by atoms with Crippen LogP contribution in [-0.2, 0) is 6.18 Å². The molecule has 0 N–H and O–H groups in total. The summed E-state index contributed by atoms with van der Waals surface area (Å²) in [5.41, 5.74) is -2.35. The second-order valence-corrected chi connectivity index (χ2v) is 4.05. The van der Waals surface area contributed by atoms with E-state index < -0.39 is 23.4 Å². The smallest absolute Gasteiger partial charge is 0.434 e. The molecular weight excluding hydrogens is 243 g/mol. The second-order valence-electron chi connectivity index (χ2n) is 2.76. The first-order valence-corrected chi connectivity index (χ1v) is 5.27. The lowest BCUT2D eigenvalue weighted by Crippen LogP contribution is -2.27. The number of carboxylic acids is 1. The van der Waals surface area contributed by atoms with Crippen LogP contribution in [0.4, 0.5) is 13.2 Å².